The van der Waals surface area contributed by atoms with Gasteiger partial charge in [-0.1, -0.05) is 19.2 Å². The van der Waals surface area contributed by atoms with E-state index in [0.717, 1.165) is 31.7 Å². The van der Waals surface area contributed by atoms with Gasteiger partial charge in [0.1, 0.15) is 122 Å². The number of hydrogen-bond donors (Lipinski definition) is 14. The van der Waals surface area contributed by atoms with E-state index in [2.05, 4.69) is 67.1 Å². The van der Waals surface area contributed by atoms with E-state index in [9.17, 15) is 72.3 Å². The molecule has 9 aromatic heterocycles. The predicted octanol–water partition coefficient (Wildman–Crippen LogP) is 1.91. The molecule has 0 aromatic carbocycles. The van der Waals surface area contributed by atoms with Crippen LogP contribution >= 0.6 is 59.4 Å². The van der Waals surface area contributed by atoms with Crippen molar-refractivity contribution in [2.75, 3.05) is 69.7 Å². The van der Waals surface area contributed by atoms with Crippen molar-refractivity contribution in [2.45, 2.75) is 222 Å². The summed E-state index contributed by atoms with van der Waals surface area (Å²) in [7, 11) is 1.09. The molecule has 0 bridgehead atoms. The zero-order valence-electron chi connectivity index (χ0n) is 76.2. The molecule has 0 radical (unpaired) electrons. The number of ether oxygens (including phenoxy) is 7. The summed E-state index contributed by atoms with van der Waals surface area (Å²) >= 11 is 37.7. The number of anilines is 4. The van der Waals surface area contributed by atoms with Crippen molar-refractivity contribution in [3.05, 3.63) is 168 Å². The quantitative estimate of drug-likeness (QED) is 0.0192. The maximum atomic E-state index is 14.9. The van der Waals surface area contributed by atoms with Gasteiger partial charge >= 0.3 is 75.6 Å². The first-order chi connectivity index (χ1) is 67.8. The first kappa shape index (κ1) is 110. The second kappa shape index (κ2) is 44.4. The molecule has 7 fully saturated rings. The number of nitrogens with one attached hydrogen (secondary N) is 3. The third-order valence-corrected chi connectivity index (χ3v) is 35.2. The SMILES string of the molecule is CC[C@H]1O[C@@H](n2cc(C)c(N)nc2=O)CC1OP(O)(=S)OC[C@H]1O[C@@H](n2cnc3c(N)ncnc32)CC1OP(=O)(S)OC[C@H]1O[C@@H](n2cc(C)c(N)nc2=O)CC1OP(O)(=S)OC[C@H]1O[C@@H](n2cnc3c(N)ncnc32)CC1OP(O)(=S)OC[C@H]1O[C@@H](n2cc(C)c(=O)[nH]c2=O)CC1OP(O)(=S)OC[C@H]1O[C@@H](n2cc(C)c(=O)[nH]c2=O)CC1OP(O)(=S)OC[C@H]1O[C@@H](n2cc(C)c(=O)[nH]c2=O)CC1OP(O)(=S)OC. The highest BCUT2D eigenvalue weighted by Gasteiger charge is 2.52. The number of nitrogens with two attached hydrogens (primary N) is 4. The Morgan fingerprint density at radius 1 is 0.361 bits per heavy atom. The summed E-state index contributed by atoms with van der Waals surface area (Å²) in [5, 5.41) is 0. The highest BCUT2D eigenvalue weighted by atomic mass is 32.7. The third-order valence-electron chi connectivity index (χ3n) is 23.9. The van der Waals surface area contributed by atoms with E-state index in [4.69, 9.17) is 190 Å². The van der Waals surface area contributed by atoms with E-state index in [0.29, 0.717) is 17.5 Å². The molecule has 0 amide bonds. The van der Waals surface area contributed by atoms with Crippen molar-refractivity contribution in [3.63, 3.8) is 0 Å². The van der Waals surface area contributed by atoms with Crippen LogP contribution in [0, 0.1) is 34.6 Å². The van der Waals surface area contributed by atoms with Crippen LogP contribution in [0.5, 0.6) is 0 Å². The van der Waals surface area contributed by atoms with Crippen molar-refractivity contribution in [1.29, 1.82) is 0 Å². The van der Waals surface area contributed by atoms with Crippen molar-refractivity contribution in [3.8, 4) is 0 Å². The topological polar surface area (TPSA) is 758 Å². The van der Waals surface area contributed by atoms with Crippen molar-refractivity contribution < 1.29 is 130 Å². The summed E-state index contributed by atoms with van der Waals surface area (Å²) in [5.74, 6) is -0.0651. The van der Waals surface area contributed by atoms with Crippen LogP contribution in [0.1, 0.15) is 130 Å². The minimum Gasteiger partial charge on any atom is -0.383 e. The molecule has 17 N–H and O–H groups in total. The number of aromatic nitrogens is 18. The van der Waals surface area contributed by atoms with Crippen LogP contribution in [0.15, 0.2) is 94.6 Å². The average molecular weight is 2290 g/mol. The van der Waals surface area contributed by atoms with Gasteiger partial charge in [-0.25, -0.2) is 58.4 Å². The number of aromatic amines is 3. The largest absolute Gasteiger partial charge is 0.386 e. The molecule has 7 saturated heterocycles. The molecule has 0 spiro atoms. The van der Waals surface area contributed by atoms with Gasteiger partial charge in [0, 0.05) is 111 Å². The maximum absolute atomic E-state index is 14.9. The molecule has 16 rings (SSSR count). The molecule has 144 heavy (non-hydrogen) atoms. The Labute approximate surface area is 846 Å². The summed E-state index contributed by atoms with van der Waals surface area (Å²) in [6, 6.07) is 0. The van der Waals surface area contributed by atoms with E-state index in [1.807, 2.05) is 0 Å². The number of nitrogen functional groups attached to an aromatic ring is 4. The molecule has 7 aliphatic heterocycles. The molecule has 0 saturated carbocycles. The fourth-order valence-corrected chi connectivity index (χ4v) is 26.6. The van der Waals surface area contributed by atoms with Gasteiger partial charge in [-0.05, 0) is 112 Å². The summed E-state index contributed by atoms with van der Waals surface area (Å²) < 4.78 is 151. The van der Waals surface area contributed by atoms with Gasteiger partial charge in [0.05, 0.1) is 95.0 Å². The molecule has 0 aliphatic carbocycles. The van der Waals surface area contributed by atoms with E-state index >= 15 is 0 Å². The highest BCUT2D eigenvalue weighted by molar-refractivity contribution is 8.44. The molecule has 28 atom stereocenters. The summed E-state index contributed by atoms with van der Waals surface area (Å²) in [5.41, 5.74) is 19.5. The zero-order valence-corrected chi connectivity index (χ0v) is 88.2. The Kier molecular flexibility index (Phi) is 34.0. The van der Waals surface area contributed by atoms with Crippen LogP contribution in [-0.4, -0.2) is 248 Å². The number of H-pyrrole nitrogens is 3. The van der Waals surface area contributed by atoms with Gasteiger partial charge in [-0.2, -0.15) is 9.97 Å². The standard InChI is InChI=1S/C72H97N22O36P7S7/c1-8-36-37(9-50(117-36)88-16-31(2)59(73)83-68(88)98)125-132(104,139)111-25-48-42(14-55(122-48)93-29-81-57-61(75)77-27-79-63(57)93)129-136(108,143)114-22-45-39(11-51(119-45)89-17-32(3)60(74)84-69(89)99)126-135(107,142)116-26-49-43(15-56(123-49)94-30-82-58-62(76)78-28-80-64(58)94)130-137(109,144)115-24-47-41(13-54(121-47)92-20-35(6)67(97)87-72(92)102)128-134(106,141)113-23-46-40(12-53(120-46)91-19-34(5)66(96)86-71(91)101)127-133(105,140)112-21-44-38(124-131(103,138)110-7)10-52(118-44)90-18-33(4)65(95)85-70(90)100/h16-20,27-30,36-56H,8-15,21-26H2,1-7H3,(H,103,138)(H,104,139)(H,105,140)(H,106,141)(H,107,142)(H,108,143)(H,109,144)(H2,73,83,98)(H2,74,84,99)(H2,75,77,79)(H2,76,78,80)(H,85,95,100)(H,86,96,101)(H,87,97,102)/t36-,37?,38?,39?,40?,41?,42?,43?,44-,45-,46-,47-,48-,49-,50-,51-,52-,53-,54-,55-,56-,131?,132?,133?,134?,135?,136?,137?/m1/s1. The van der Waals surface area contributed by atoms with Crippen LogP contribution in [0.3, 0.4) is 0 Å². The molecular weight excluding hydrogens is 2190 g/mol. The van der Waals surface area contributed by atoms with Crippen LogP contribution in [0.4, 0.5) is 23.3 Å². The Balaban J connectivity index is 0.607. The number of aryl methyl sites for hydroxylation is 5. The first-order valence-electron chi connectivity index (χ1n) is 43.4. The average Bonchev–Trinajstić information content (AvgIpc) is 1.62. The molecule has 9 aromatic rings. The lowest BCUT2D eigenvalue weighted by Gasteiger charge is -2.28. The van der Waals surface area contributed by atoms with Gasteiger partial charge in [-0.3, -0.25) is 70.4 Å². The van der Waals surface area contributed by atoms with E-state index in [1.165, 1.54) is 84.4 Å². The number of imidazole rings is 2. The van der Waals surface area contributed by atoms with Crippen LogP contribution in [-0.2, 0) is 172 Å². The Hall–Kier alpha value is -6.50. The molecule has 7 aliphatic rings. The second-order valence-electron chi connectivity index (χ2n) is 33.8. The van der Waals surface area contributed by atoms with E-state index in [-0.39, 0.29) is 101 Å². The van der Waals surface area contributed by atoms with Crippen molar-refractivity contribution in [2.24, 2.45) is 0 Å². The normalized spacial score (nSPS) is 29.7. The number of nitrogens with zero attached hydrogens (tertiary/aromatic N) is 15. The number of hydrogen-bond acceptors (Lipinski definition) is 48. The van der Waals surface area contributed by atoms with Gasteiger partial charge < -0.3 is 140 Å². The first-order valence-corrected chi connectivity index (χ1v) is 61.6. The molecule has 16 heterocycles. The molecular formula is C72H97N22O36P7S7. The minimum absolute atomic E-state index is 0.0225. The van der Waals surface area contributed by atoms with Gasteiger partial charge in [0.2, 0.25) is 0 Å². The Morgan fingerprint density at radius 3 is 0.903 bits per heavy atom. The zero-order chi connectivity index (χ0) is 104. The number of rotatable bonds is 41. The summed E-state index contributed by atoms with van der Waals surface area (Å²) in [4.78, 5) is 215. The van der Waals surface area contributed by atoms with Crippen molar-refractivity contribution >= 4 is 176 Å². The minimum atomic E-state index is -4.74. The second-order valence-corrected chi connectivity index (χ2v) is 53.5. The molecule has 788 valence electrons. The lowest BCUT2D eigenvalue weighted by atomic mass is 10.1. The third kappa shape index (κ3) is 25.9. The Morgan fingerprint density at radius 2 is 0.611 bits per heavy atom. The van der Waals surface area contributed by atoms with Gasteiger partial charge in [-0.15, -0.1) is 0 Å². The van der Waals surface area contributed by atoms with Crippen LogP contribution < -0.4 is 68.1 Å². The number of thiol groups is 1. The number of fused-ring (bicyclic) bond motifs is 2. The highest BCUT2D eigenvalue weighted by Crippen LogP contribution is 2.61. The fourth-order valence-electron chi connectivity index (χ4n) is 16.7. The van der Waals surface area contributed by atoms with Crippen LogP contribution in [0.25, 0.3) is 22.3 Å². The summed E-state index contributed by atoms with van der Waals surface area (Å²) in [6.45, 7) is -27.0. The van der Waals surface area contributed by atoms with E-state index in [1.54, 1.807) is 20.8 Å². The lowest BCUT2D eigenvalue weighted by molar-refractivity contribution is -0.0573. The molecule has 72 heteroatoms. The monoisotopic (exact) mass is 2290 g/mol. The fraction of sp³-hybridized carbons (Fsp3) is 0.583. The Bertz CT molecular complexity index is 7250. The van der Waals surface area contributed by atoms with E-state index < -0.39 is 267 Å². The molecule has 58 nitrogen and oxygen atoms in total. The molecule has 14 unspecified atom stereocenters. The van der Waals surface area contributed by atoms with Crippen molar-refractivity contribution in [1.82, 2.24) is 86.8 Å². The maximum Gasteiger partial charge on any atom is 0.386 e. The predicted molar refractivity (Wildman–Crippen MR) is 525 cm³/mol. The lowest BCUT2D eigenvalue weighted by Crippen LogP contribution is -2.33. The smallest absolute Gasteiger partial charge is 0.383 e. The van der Waals surface area contributed by atoms with Gasteiger partial charge in [0.25, 0.3) is 16.7 Å². The van der Waals surface area contributed by atoms with Crippen LogP contribution in [0.2, 0.25) is 0 Å². The summed E-state index contributed by atoms with van der Waals surface area (Å²) in [6.07, 6.45) is -16.7. The van der Waals surface area contributed by atoms with Gasteiger partial charge in [0.15, 0.2) is 22.9 Å².